The second-order valence-electron chi connectivity index (χ2n) is 6.36. The van der Waals surface area contributed by atoms with Gasteiger partial charge in [-0.1, -0.05) is 0 Å². The highest BCUT2D eigenvalue weighted by Gasteiger charge is 2.37. The number of sulfone groups is 1. The van der Waals surface area contributed by atoms with Crippen molar-refractivity contribution in [2.24, 2.45) is 0 Å². The molecule has 4 nitrogen and oxygen atoms in total. The van der Waals surface area contributed by atoms with E-state index in [-0.39, 0.29) is 16.8 Å². The fourth-order valence-electron chi connectivity index (χ4n) is 2.09. The maximum atomic E-state index is 11.4. The number of hydrogen-bond acceptors (Lipinski definition) is 4. The molecule has 102 valence electrons. The van der Waals surface area contributed by atoms with Crippen LogP contribution in [0.4, 0.5) is 0 Å². The molecule has 0 amide bonds. The van der Waals surface area contributed by atoms with Crippen molar-refractivity contribution < 1.29 is 8.42 Å². The van der Waals surface area contributed by atoms with Crippen molar-refractivity contribution in [1.82, 2.24) is 10.6 Å². The van der Waals surface area contributed by atoms with Crippen LogP contribution in [0.2, 0.25) is 0 Å². The molecule has 0 saturated carbocycles. The SMILES string of the molecule is CC(C)(C)NCCCNC1(C)CCS(=O)(=O)C1. The highest BCUT2D eigenvalue weighted by atomic mass is 32.2. The molecular formula is C12H26N2O2S. The molecular weight excluding hydrogens is 236 g/mol. The molecule has 1 atom stereocenters. The Hall–Kier alpha value is -0.130. The normalized spacial score (nSPS) is 28.5. The Morgan fingerprint density at radius 1 is 1.24 bits per heavy atom. The molecule has 0 aromatic carbocycles. The molecule has 0 aromatic rings. The van der Waals surface area contributed by atoms with E-state index in [9.17, 15) is 8.42 Å². The molecule has 0 bridgehead atoms. The van der Waals surface area contributed by atoms with E-state index in [1.54, 1.807) is 0 Å². The fourth-order valence-corrected chi connectivity index (χ4v) is 4.21. The Bertz CT molecular complexity index is 346. The maximum Gasteiger partial charge on any atom is 0.152 e. The third-order valence-electron chi connectivity index (χ3n) is 3.06. The summed E-state index contributed by atoms with van der Waals surface area (Å²) in [5, 5.41) is 6.80. The largest absolute Gasteiger partial charge is 0.312 e. The summed E-state index contributed by atoms with van der Waals surface area (Å²) in [7, 11) is -2.80. The predicted molar refractivity (Wildman–Crippen MR) is 72.1 cm³/mol. The van der Waals surface area contributed by atoms with Crippen molar-refractivity contribution in [3.05, 3.63) is 0 Å². The molecule has 1 saturated heterocycles. The predicted octanol–water partition coefficient (Wildman–Crippen LogP) is 0.931. The lowest BCUT2D eigenvalue weighted by Gasteiger charge is -2.25. The molecule has 0 aliphatic carbocycles. The van der Waals surface area contributed by atoms with Gasteiger partial charge >= 0.3 is 0 Å². The van der Waals surface area contributed by atoms with E-state index < -0.39 is 9.84 Å². The smallest absolute Gasteiger partial charge is 0.152 e. The second kappa shape index (κ2) is 5.24. The zero-order chi connectivity index (χ0) is 13.2. The number of hydrogen-bond donors (Lipinski definition) is 2. The lowest BCUT2D eigenvalue weighted by Crippen LogP contribution is -2.45. The van der Waals surface area contributed by atoms with Gasteiger partial charge in [-0.3, -0.25) is 0 Å². The van der Waals surface area contributed by atoms with Gasteiger partial charge in [-0.15, -0.1) is 0 Å². The van der Waals surface area contributed by atoms with E-state index in [4.69, 9.17) is 0 Å². The first-order valence-electron chi connectivity index (χ1n) is 6.32. The molecule has 1 aliphatic heterocycles. The van der Waals surface area contributed by atoms with Crippen molar-refractivity contribution in [2.75, 3.05) is 24.6 Å². The summed E-state index contributed by atoms with van der Waals surface area (Å²) in [5.41, 5.74) is -0.0544. The number of nitrogens with one attached hydrogen (secondary N) is 2. The average molecular weight is 262 g/mol. The second-order valence-corrected chi connectivity index (χ2v) is 8.54. The van der Waals surface area contributed by atoms with Gasteiger partial charge in [0.1, 0.15) is 0 Å². The Kier molecular flexibility index (Phi) is 4.60. The summed E-state index contributed by atoms with van der Waals surface area (Å²) in [5.74, 6) is 0.615. The lowest BCUT2D eigenvalue weighted by atomic mass is 10.0. The molecule has 1 unspecified atom stereocenters. The zero-order valence-corrected chi connectivity index (χ0v) is 12.3. The Balaban J connectivity index is 2.19. The van der Waals surface area contributed by atoms with Gasteiger partial charge in [0, 0.05) is 11.1 Å². The Labute approximate surface area is 105 Å². The summed E-state index contributed by atoms with van der Waals surface area (Å²) in [6.45, 7) is 10.3. The van der Waals surface area contributed by atoms with Gasteiger partial charge in [0.25, 0.3) is 0 Å². The summed E-state index contributed by atoms with van der Waals surface area (Å²) < 4.78 is 22.8. The topological polar surface area (TPSA) is 58.2 Å². The molecule has 1 aliphatic rings. The highest BCUT2D eigenvalue weighted by Crippen LogP contribution is 2.22. The Morgan fingerprint density at radius 3 is 2.35 bits per heavy atom. The first-order chi connectivity index (χ1) is 7.62. The third-order valence-corrected chi connectivity index (χ3v) is 4.97. The van der Waals surface area contributed by atoms with E-state index in [0.717, 1.165) is 25.9 Å². The van der Waals surface area contributed by atoms with Crippen LogP contribution in [0.5, 0.6) is 0 Å². The van der Waals surface area contributed by atoms with Gasteiger partial charge < -0.3 is 10.6 Å². The first kappa shape index (κ1) is 14.9. The summed E-state index contributed by atoms with van der Waals surface area (Å²) in [4.78, 5) is 0. The molecule has 1 heterocycles. The van der Waals surface area contributed by atoms with Crippen LogP contribution in [0, 0.1) is 0 Å². The quantitative estimate of drug-likeness (QED) is 0.724. The van der Waals surface area contributed by atoms with E-state index in [0.29, 0.717) is 5.75 Å². The van der Waals surface area contributed by atoms with Crippen LogP contribution in [0.3, 0.4) is 0 Å². The number of rotatable bonds is 5. The molecule has 2 N–H and O–H groups in total. The van der Waals surface area contributed by atoms with Gasteiger partial charge in [-0.2, -0.15) is 0 Å². The molecule has 17 heavy (non-hydrogen) atoms. The van der Waals surface area contributed by atoms with Gasteiger partial charge in [0.2, 0.25) is 0 Å². The van der Waals surface area contributed by atoms with Crippen molar-refractivity contribution in [3.63, 3.8) is 0 Å². The molecule has 1 rings (SSSR count). The Morgan fingerprint density at radius 2 is 1.88 bits per heavy atom. The molecule has 0 radical (unpaired) electrons. The van der Waals surface area contributed by atoms with Crippen LogP contribution >= 0.6 is 0 Å². The zero-order valence-electron chi connectivity index (χ0n) is 11.5. The van der Waals surface area contributed by atoms with Crippen LogP contribution in [0.1, 0.15) is 40.5 Å². The van der Waals surface area contributed by atoms with E-state index in [2.05, 4.69) is 31.4 Å². The summed E-state index contributed by atoms with van der Waals surface area (Å²) in [6.07, 6.45) is 1.76. The molecule has 1 fully saturated rings. The van der Waals surface area contributed by atoms with Gasteiger partial charge in [0.15, 0.2) is 9.84 Å². The van der Waals surface area contributed by atoms with Crippen LogP contribution in [-0.2, 0) is 9.84 Å². The minimum atomic E-state index is -2.80. The van der Waals surface area contributed by atoms with E-state index >= 15 is 0 Å². The fraction of sp³-hybridized carbons (Fsp3) is 1.00. The van der Waals surface area contributed by atoms with Crippen molar-refractivity contribution >= 4 is 9.84 Å². The molecule has 0 spiro atoms. The van der Waals surface area contributed by atoms with Crippen LogP contribution in [-0.4, -0.2) is 44.1 Å². The summed E-state index contributed by atoms with van der Waals surface area (Å²) >= 11 is 0. The van der Waals surface area contributed by atoms with Gasteiger partial charge in [0.05, 0.1) is 11.5 Å². The van der Waals surface area contributed by atoms with E-state index in [1.807, 2.05) is 6.92 Å². The van der Waals surface area contributed by atoms with Crippen molar-refractivity contribution in [1.29, 1.82) is 0 Å². The van der Waals surface area contributed by atoms with Crippen LogP contribution < -0.4 is 10.6 Å². The van der Waals surface area contributed by atoms with Crippen LogP contribution in [0.15, 0.2) is 0 Å². The first-order valence-corrected chi connectivity index (χ1v) is 8.15. The lowest BCUT2D eigenvalue weighted by molar-refractivity contribution is 0.375. The standard InChI is InChI=1S/C12H26N2O2S/c1-11(2,3)13-7-5-8-14-12(4)6-9-17(15,16)10-12/h13-14H,5-10H2,1-4H3. The maximum absolute atomic E-state index is 11.4. The average Bonchev–Trinajstić information content (AvgIpc) is 2.38. The minimum Gasteiger partial charge on any atom is -0.312 e. The van der Waals surface area contributed by atoms with Gasteiger partial charge in [-0.05, 0) is 53.6 Å². The van der Waals surface area contributed by atoms with Crippen molar-refractivity contribution in [2.45, 2.75) is 51.6 Å². The third kappa shape index (κ3) is 5.84. The molecule has 0 aromatic heterocycles. The van der Waals surface area contributed by atoms with Crippen LogP contribution in [0.25, 0.3) is 0 Å². The minimum absolute atomic E-state index is 0.153. The van der Waals surface area contributed by atoms with E-state index in [1.165, 1.54) is 0 Å². The highest BCUT2D eigenvalue weighted by molar-refractivity contribution is 7.91. The van der Waals surface area contributed by atoms with Gasteiger partial charge in [-0.25, -0.2) is 8.42 Å². The monoisotopic (exact) mass is 262 g/mol. The molecule has 5 heteroatoms. The van der Waals surface area contributed by atoms with Crippen molar-refractivity contribution in [3.8, 4) is 0 Å². The summed E-state index contributed by atoms with van der Waals surface area (Å²) in [6, 6.07) is 0.